The third-order valence-electron chi connectivity index (χ3n) is 1.75. The predicted molar refractivity (Wildman–Crippen MR) is 43.0 cm³/mol. The van der Waals surface area contributed by atoms with E-state index in [9.17, 15) is 13.2 Å². The molecule has 0 unspecified atom stereocenters. The van der Waals surface area contributed by atoms with Crippen LogP contribution in [-0.2, 0) is 13.2 Å². The molecule has 0 aliphatic heterocycles. The number of nitrogens with two attached hydrogens (primary N) is 1. The van der Waals surface area contributed by atoms with Crippen LogP contribution in [-0.4, -0.2) is 10.1 Å². The Labute approximate surface area is 78.4 Å². The maximum atomic E-state index is 13.1. The number of alkyl halides is 2. The molecule has 3 N–H and O–H groups in total. The summed E-state index contributed by atoms with van der Waals surface area (Å²) in [5.74, 6) is -0.859. The lowest BCUT2D eigenvalue weighted by molar-refractivity contribution is 0.144. The Morgan fingerprint density at radius 3 is 2.57 bits per heavy atom. The van der Waals surface area contributed by atoms with Crippen LogP contribution in [0.2, 0.25) is 0 Å². The number of aromatic nitrogens is 1. The lowest BCUT2D eigenvalue weighted by atomic mass is 10.1. The maximum absolute atomic E-state index is 13.1. The van der Waals surface area contributed by atoms with Crippen LogP contribution < -0.4 is 5.73 Å². The summed E-state index contributed by atoms with van der Waals surface area (Å²) in [7, 11) is 0. The van der Waals surface area contributed by atoms with Gasteiger partial charge in [0.1, 0.15) is 11.5 Å². The van der Waals surface area contributed by atoms with Gasteiger partial charge in [-0.3, -0.25) is 0 Å². The topological polar surface area (TPSA) is 59.1 Å². The number of pyridine rings is 1. The van der Waals surface area contributed by atoms with Gasteiger partial charge in [-0.25, -0.2) is 18.2 Å². The highest BCUT2D eigenvalue weighted by molar-refractivity contribution is 5.25. The second kappa shape index (κ2) is 4.39. The van der Waals surface area contributed by atoms with Gasteiger partial charge < -0.3 is 10.8 Å². The molecule has 0 spiro atoms. The van der Waals surface area contributed by atoms with Crippen molar-refractivity contribution in [2.45, 2.75) is 19.6 Å². The van der Waals surface area contributed by atoms with Crippen LogP contribution in [0.5, 0.6) is 0 Å². The highest BCUT2D eigenvalue weighted by atomic mass is 19.3. The van der Waals surface area contributed by atoms with Crippen LogP contribution >= 0.6 is 0 Å². The van der Waals surface area contributed by atoms with E-state index in [-0.39, 0.29) is 17.8 Å². The largest absolute Gasteiger partial charge is 0.390 e. The Morgan fingerprint density at radius 2 is 2.14 bits per heavy atom. The molecule has 78 valence electrons. The van der Waals surface area contributed by atoms with Gasteiger partial charge in [-0.05, 0) is 0 Å². The van der Waals surface area contributed by atoms with E-state index in [1.54, 1.807) is 0 Å². The zero-order chi connectivity index (χ0) is 10.7. The lowest BCUT2D eigenvalue weighted by Gasteiger charge is -2.08. The second-order valence-corrected chi connectivity index (χ2v) is 2.62. The van der Waals surface area contributed by atoms with Gasteiger partial charge in [-0.2, -0.15) is 0 Å². The number of aliphatic hydroxyl groups is 1. The SMILES string of the molecule is NCc1c(F)cc(C(F)F)nc1CO. The average Bonchev–Trinajstić information content (AvgIpc) is 2.16. The number of hydrogen-bond acceptors (Lipinski definition) is 3. The van der Waals surface area contributed by atoms with Gasteiger partial charge in [0.25, 0.3) is 6.43 Å². The second-order valence-electron chi connectivity index (χ2n) is 2.62. The highest BCUT2D eigenvalue weighted by Gasteiger charge is 2.16. The Balaban J connectivity index is 3.24. The first-order valence-electron chi connectivity index (χ1n) is 3.87. The van der Waals surface area contributed by atoms with Crippen molar-refractivity contribution in [1.82, 2.24) is 4.98 Å². The van der Waals surface area contributed by atoms with E-state index in [0.717, 1.165) is 0 Å². The van der Waals surface area contributed by atoms with Crippen LogP contribution in [0.3, 0.4) is 0 Å². The van der Waals surface area contributed by atoms with Crippen LogP contribution in [0.15, 0.2) is 6.07 Å². The van der Waals surface area contributed by atoms with Crippen LogP contribution in [0, 0.1) is 5.82 Å². The number of rotatable bonds is 3. The standard InChI is InChI=1S/C8H9F3N2O/c9-5-1-6(8(10)11)13-7(3-14)4(5)2-12/h1,8,14H,2-3,12H2. The Bertz CT molecular complexity index is 331. The zero-order valence-corrected chi connectivity index (χ0v) is 7.17. The smallest absolute Gasteiger partial charge is 0.280 e. The van der Waals surface area contributed by atoms with Crippen molar-refractivity contribution in [1.29, 1.82) is 0 Å². The van der Waals surface area contributed by atoms with Gasteiger partial charge in [-0.15, -0.1) is 0 Å². The fraction of sp³-hybridized carbons (Fsp3) is 0.375. The molecule has 0 aliphatic carbocycles. The van der Waals surface area contributed by atoms with Crippen molar-refractivity contribution in [3.05, 3.63) is 28.8 Å². The molecule has 1 heterocycles. The molecule has 0 saturated heterocycles. The van der Waals surface area contributed by atoms with Crippen molar-refractivity contribution >= 4 is 0 Å². The minimum absolute atomic E-state index is 0.0306. The zero-order valence-electron chi connectivity index (χ0n) is 7.17. The van der Waals surface area contributed by atoms with Crippen LogP contribution in [0.4, 0.5) is 13.2 Å². The van der Waals surface area contributed by atoms with E-state index in [1.165, 1.54) is 0 Å². The molecule has 0 bridgehead atoms. The summed E-state index contributed by atoms with van der Waals surface area (Å²) in [6.45, 7) is -0.789. The summed E-state index contributed by atoms with van der Waals surface area (Å²) in [5, 5.41) is 8.75. The summed E-state index contributed by atoms with van der Waals surface area (Å²) >= 11 is 0. The third-order valence-corrected chi connectivity index (χ3v) is 1.75. The fourth-order valence-corrected chi connectivity index (χ4v) is 1.07. The summed E-state index contributed by atoms with van der Waals surface area (Å²) < 4.78 is 37.4. The minimum Gasteiger partial charge on any atom is -0.390 e. The normalized spacial score (nSPS) is 11.0. The molecule has 1 aromatic rings. The van der Waals surface area contributed by atoms with Gasteiger partial charge in [0.05, 0.1) is 12.3 Å². The summed E-state index contributed by atoms with van der Waals surface area (Å²) in [6.07, 6.45) is -2.86. The Kier molecular flexibility index (Phi) is 3.43. The molecule has 0 atom stereocenters. The average molecular weight is 206 g/mol. The molecule has 0 aliphatic rings. The minimum atomic E-state index is -2.86. The van der Waals surface area contributed by atoms with Crippen molar-refractivity contribution in [3.63, 3.8) is 0 Å². The first-order chi connectivity index (χ1) is 6.60. The van der Waals surface area contributed by atoms with E-state index < -0.39 is 24.5 Å². The van der Waals surface area contributed by atoms with E-state index in [2.05, 4.69) is 4.98 Å². The summed E-state index contributed by atoms with van der Waals surface area (Å²) in [6, 6.07) is 0.631. The van der Waals surface area contributed by atoms with E-state index in [4.69, 9.17) is 10.8 Å². The molecule has 0 radical (unpaired) electrons. The number of nitrogens with zero attached hydrogens (tertiary/aromatic N) is 1. The molecule has 0 saturated carbocycles. The van der Waals surface area contributed by atoms with Gasteiger partial charge >= 0.3 is 0 Å². The number of hydrogen-bond donors (Lipinski definition) is 2. The Morgan fingerprint density at radius 1 is 1.50 bits per heavy atom. The molecule has 6 heteroatoms. The third kappa shape index (κ3) is 2.02. The molecule has 0 fully saturated rings. The van der Waals surface area contributed by atoms with Crippen molar-refractivity contribution in [2.24, 2.45) is 5.73 Å². The number of halogens is 3. The Hall–Kier alpha value is -1.14. The maximum Gasteiger partial charge on any atom is 0.280 e. The highest BCUT2D eigenvalue weighted by Crippen LogP contribution is 2.21. The van der Waals surface area contributed by atoms with E-state index in [0.29, 0.717) is 6.07 Å². The molecule has 1 rings (SSSR count). The lowest BCUT2D eigenvalue weighted by Crippen LogP contribution is -2.09. The molecular formula is C8H9F3N2O. The van der Waals surface area contributed by atoms with Gasteiger partial charge in [0.2, 0.25) is 0 Å². The monoisotopic (exact) mass is 206 g/mol. The quantitative estimate of drug-likeness (QED) is 0.778. The van der Waals surface area contributed by atoms with Crippen LogP contribution in [0.1, 0.15) is 23.4 Å². The number of aliphatic hydroxyl groups excluding tert-OH is 1. The molecule has 3 nitrogen and oxygen atoms in total. The van der Waals surface area contributed by atoms with Crippen molar-refractivity contribution in [2.75, 3.05) is 0 Å². The van der Waals surface area contributed by atoms with E-state index in [1.807, 2.05) is 0 Å². The van der Waals surface area contributed by atoms with Gasteiger partial charge in [0.15, 0.2) is 0 Å². The molecular weight excluding hydrogens is 197 g/mol. The first kappa shape index (κ1) is 10.9. The van der Waals surface area contributed by atoms with Crippen molar-refractivity contribution < 1.29 is 18.3 Å². The molecule has 1 aromatic heterocycles. The molecule has 0 aromatic carbocycles. The predicted octanol–water partition coefficient (Wildman–Crippen LogP) is 1.11. The summed E-state index contributed by atoms with van der Waals surface area (Å²) in [4.78, 5) is 3.40. The van der Waals surface area contributed by atoms with Crippen LogP contribution in [0.25, 0.3) is 0 Å². The first-order valence-corrected chi connectivity index (χ1v) is 3.87. The summed E-state index contributed by atoms with van der Waals surface area (Å²) in [5.41, 5.74) is 4.32. The van der Waals surface area contributed by atoms with E-state index >= 15 is 0 Å². The molecule has 0 amide bonds. The van der Waals surface area contributed by atoms with Crippen molar-refractivity contribution in [3.8, 4) is 0 Å². The van der Waals surface area contributed by atoms with Gasteiger partial charge in [0, 0.05) is 18.2 Å². The molecule has 14 heavy (non-hydrogen) atoms. The fourth-order valence-electron chi connectivity index (χ4n) is 1.07. The van der Waals surface area contributed by atoms with Gasteiger partial charge in [-0.1, -0.05) is 0 Å².